The number of hydrogen-bond acceptors (Lipinski definition) is 4. The molecular formula is C17H17N3O2S2. The summed E-state index contributed by atoms with van der Waals surface area (Å²) in [5.41, 5.74) is 2.38. The molecular weight excluding hydrogens is 342 g/mol. The fourth-order valence-corrected chi connectivity index (χ4v) is 5.62. The molecule has 1 aliphatic heterocycles. The van der Waals surface area contributed by atoms with Crippen LogP contribution in [0.15, 0.2) is 52.9 Å². The van der Waals surface area contributed by atoms with Gasteiger partial charge in [0.25, 0.3) is 10.0 Å². The number of para-hydroxylation sites is 1. The Bertz CT molecular complexity index is 975. The quantitative estimate of drug-likeness (QED) is 0.721. The minimum absolute atomic E-state index is 0.268. The van der Waals surface area contributed by atoms with Crippen molar-refractivity contribution in [3.05, 3.63) is 53.5 Å². The topological polar surface area (TPSA) is 55.2 Å². The van der Waals surface area contributed by atoms with Gasteiger partial charge in [0, 0.05) is 19.8 Å². The Morgan fingerprint density at radius 3 is 2.79 bits per heavy atom. The van der Waals surface area contributed by atoms with Gasteiger partial charge < -0.3 is 0 Å². The number of anilines is 1. The molecule has 1 aliphatic rings. The average molecular weight is 359 g/mol. The molecule has 5 nitrogen and oxygen atoms in total. The van der Waals surface area contributed by atoms with E-state index in [-0.39, 0.29) is 4.90 Å². The van der Waals surface area contributed by atoms with Crippen LogP contribution in [-0.4, -0.2) is 24.7 Å². The lowest BCUT2D eigenvalue weighted by Crippen LogP contribution is -2.35. The molecule has 4 rings (SSSR count). The van der Waals surface area contributed by atoms with Gasteiger partial charge in [-0.05, 0) is 35.9 Å². The Labute approximate surface area is 145 Å². The molecule has 0 amide bonds. The summed E-state index contributed by atoms with van der Waals surface area (Å²) in [5, 5.41) is 6.32. The third-order valence-corrected chi connectivity index (χ3v) is 6.88. The van der Waals surface area contributed by atoms with E-state index in [1.165, 1.54) is 15.6 Å². The standard InChI is InChI=1S/C17H17N3O2S2/c1-19-12-16(17(18-19)15-9-5-11-23-15)24(21,22)20-10-4-7-13-6-2-3-8-14(13)20/h2-3,5-6,8-9,11-12H,4,7,10H2,1H3. The normalized spacial score (nSPS) is 14.6. The molecule has 3 aromatic rings. The number of benzene rings is 1. The van der Waals surface area contributed by atoms with Crippen LogP contribution in [0.1, 0.15) is 12.0 Å². The number of nitrogens with zero attached hydrogens (tertiary/aromatic N) is 3. The fraction of sp³-hybridized carbons (Fsp3) is 0.235. The summed E-state index contributed by atoms with van der Waals surface area (Å²) < 4.78 is 29.8. The van der Waals surface area contributed by atoms with Crippen molar-refractivity contribution in [2.75, 3.05) is 10.8 Å². The molecule has 124 valence electrons. The SMILES string of the molecule is Cn1cc(S(=O)(=O)N2CCCc3ccccc32)c(-c2cccs2)n1. The predicted octanol–water partition coefficient (Wildman–Crippen LogP) is 3.29. The Morgan fingerprint density at radius 1 is 1.17 bits per heavy atom. The Morgan fingerprint density at radius 2 is 2.00 bits per heavy atom. The van der Waals surface area contributed by atoms with Gasteiger partial charge in [-0.1, -0.05) is 24.3 Å². The highest BCUT2D eigenvalue weighted by atomic mass is 32.2. The van der Waals surface area contributed by atoms with Gasteiger partial charge in [0.1, 0.15) is 10.6 Å². The number of sulfonamides is 1. The monoisotopic (exact) mass is 359 g/mol. The largest absolute Gasteiger partial charge is 0.274 e. The van der Waals surface area contributed by atoms with E-state index in [2.05, 4.69) is 5.10 Å². The number of rotatable bonds is 3. The lowest BCUT2D eigenvalue weighted by Gasteiger charge is -2.30. The smallest absolute Gasteiger partial charge is 0.268 e. The van der Waals surface area contributed by atoms with Crippen LogP contribution in [-0.2, 0) is 23.5 Å². The first kappa shape index (κ1) is 15.4. The van der Waals surface area contributed by atoms with E-state index >= 15 is 0 Å². The molecule has 0 fully saturated rings. The lowest BCUT2D eigenvalue weighted by molar-refractivity contribution is 0.586. The fourth-order valence-electron chi connectivity index (χ4n) is 3.11. The number of aromatic nitrogens is 2. The van der Waals surface area contributed by atoms with E-state index in [1.54, 1.807) is 17.9 Å². The van der Waals surface area contributed by atoms with Gasteiger partial charge in [0.2, 0.25) is 0 Å². The van der Waals surface area contributed by atoms with E-state index in [0.29, 0.717) is 12.2 Å². The van der Waals surface area contributed by atoms with Crippen molar-refractivity contribution in [2.45, 2.75) is 17.7 Å². The van der Waals surface area contributed by atoms with Gasteiger partial charge in [-0.2, -0.15) is 5.10 Å². The minimum Gasteiger partial charge on any atom is -0.274 e. The molecule has 0 saturated carbocycles. The molecule has 0 saturated heterocycles. The Hall–Kier alpha value is -2.12. The van der Waals surface area contributed by atoms with Crippen LogP contribution >= 0.6 is 11.3 Å². The molecule has 1 aromatic carbocycles. The second kappa shape index (κ2) is 5.75. The zero-order valence-electron chi connectivity index (χ0n) is 13.2. The minimum atomic E-state index is -3.65. The first-order chi connectivity index (χ1) is 11.6. The van der Waals surface area contributed by atoms with Crippen molar-refractivity contribution < 1.29 is 8.42 Å². The molecule has 3 heterocycles. The van der Waals surface area contributed by atoms with Crippen LogP contribution in [0.25, 0.3) is 10.6 Å². The number of thiophene rings is 1. The van der Waals surface area contributed by atoms with Crippen LogP contribution in [0.3, 0.4) is 0 Å². The molecule has 0 bridgehead atoms. The molecule has 0 atom stereocenters. The second-order valence-corrected chi connectivity index (χ2v) is 8.58. The summed E-state index contributed by atoms with van der Waals surface area (Å²) in [7, 11) is -1.90. The zero-order valence-corrected chi connectivity index (χ0v) is 14.8. The van der Waals surface area contributed by atoms with Crippen molar-refractivity contribution in [1.82, 2.24) is 9.78 Å². The third-order valence-electron chi connectivity index (χ3n) is 4.19. The number of aryl methyl sites for hydroxylation is 2. The zero-order chi connectivity index (χ0) is 16.7. The maximum atomic E-state index is 13.4. The highest BCUT2D eigenvalue weighted by Crippen LogP contribution is 2.36. The highest BCUT2D eigenvalue weighted by molar-refractivity contribution is 7.93. The summed E-state index contributed by atoms with van der Waals surface area (Å²) in [4.78, 5) is 1.13. The van der Waals surface area contributed by atoms with Crippen molar-refractivity contribution in [1.29, 1.82) is 0 Å². The average Bonchev–Trinajstić information content (AvgIpc) is 3.23. The van der Waals surface area contributed by atoms with Crippen molar-refractivity contribution >= 4 is 27.0 Å². The molecule has 7 heteroatoms. The van der Waals surface area contributed by atoms with Crippen LogP contribution in [0, 0.1) is 0 Å². The molecule has 0 spiro atoms. The van der Waals surface area contributed by atoms with Gasteiger partial charge >= 0.3 is 0 Å². The molecule has 0 radical (unpaired) electrons. The van der Waals surface area contributed by atoms with Gasteiger partial charge in [0.15, 0.2) is 0 Å². The number of hydrogen-bond donors (Lipinski definition) is 0. The molecule has 0 aliphatic carbocycles. The van der Waals surface area contributed by atoms with Gasteiger partial charge in [-0.25, -0.2) is 8.42 Å². The van der Waals surface area contributed by atoms with Crippen LogP contribution in [0.5, 0.6) is 0 Å². The van der Waals surface area contributed by atoms with E-state index in [9.17, 15) is 8.42 Å². The Balaban J connectivity index is 1.86. The van der Waals surface area contributed by atoms with Gasteiger partial charge in [-0.3, -0.25) is 8.99 Å². The summed E-state index contributed by atoms with van der Waals surface area (Å²) in [6.07, 6.45) is 3.33. The van der Waals surface area contributed by atoms with E-state index in [4.69, 9.17) is 0 Å². The van der Waals surface area contributed by atoms with E-state index < -0.39 is 10.0 Å². The summed E-state index contributed by atoms with van der Waals surface area (Å²) in [6.45, 7) is 0.498. The van der Waals surface area contributed by atoms with Crippen LogP contribution in [0.4, 0.5) is 5.69 Å². The predicted molar refractivity (Wildman–Crippen MR) is 95.8 cm³/mol. The third kappa shape index (κ3) is 2.44. The molecule has 0 unspecified atom stereocenters. The van der Waals surface area contributed by atoms with Gasteiger partial charge in [-0.15, -0.1) is 11.3 Å². The van der Waals surface area contributed by atoms with Crippen molar-refractivity contribution in [3.8, 4) is 10.6 Å². The Kier molecular flexibility index (Phi) is 3.69. The summed E-state index contributed by atoms with van der Waals surface area (Å²) in [5.74, 6) is 0. The summed E-state index contributed by atoms with van der Waals surface area (Å²) >= 11 is 1.49. The highest BCUT2D eigenvalue weighted by Gasteiger charge is 2.33. The first-order valence-corrected chi connectivity index (χ1v) is 10.1. The first-order valence-electron chi connectivity index (χ1n) is 7.75. The second-order valence-electron chi connectivity index (χ2n) is 5.80. The molecule has 2 aromatic heterocycles. The maximum Gasteiger partial charge on any atom is 0.268 e. The van der Waals surface area contributed by atoms with Crippen molar-refractivity contribution in [3.63, 3.8) is 0 Å². The maximum absolute atomic E-state index is 13.4. The summed E-state index contributed by atoms with van der Waals surface area (Å²) in [6, 6.07) is 11.5. The number of fused-ring (bicyclic) bond motifs is 1. The molecule has 24 heavy (non-hydrogen) atoms. The van der Waals surface area contributed by atoms with Crippen molar-refractivity contribution in [2.24, 2.45) is 7.05 Å². The van der Waals surface area contributed by atoms with Gasteiger partial charge in [0.05, 0.1) is 10.6 Å². The van der Waals surface area contributed by atoms with Crippen LogP contribution in [0.2, 0.25) is 0 Å². The van der Waals surface area contributed by atoms with E-state index in [0.717, 1.165) is 29.0 Å². The van der Waals surface area contributed by atoms with E-state index in [1.807, 2.05) is 41.8 Å². The molecule has 0 N–H and O–H groups in total. The van der Waals surface area contributed by atoms with Crippen LogP contribution < -0.4 is 4.31 Å². The lowest BCUT2D eigenvalue weighted by atomic mass is 10.0.